The van der Waals surface area contributed by atoms with E-state index in [0.717, 1.165) is 31.3 Å². The molecule has 0 amide bonds. The molecule has 2 nitrogen and oxygen atoms in total. The molecule has 1 aliphatic rings. The van der Waals surface area contributed by atoms with Crippen molar-refractivity contribution in [2.24, 2.45) is 5.92 Å². The highest BCUT2D eigenvalue weighted by Crippen LogP contribution is 2.44. The molecule has 1 aromatic heterocycles. The third kappa shape index (κ3) is 2.51. The molecule has 0 aromatic carbocycles. The summed E-state index contributed by atoms with van der Waals surface area (Å²) in [5.41, 5.74) is -2.24. The van der Waals surface area contributed by atoms with E-state index in [1.807, 2.05) is 6.92 Å². The van der Waals surface area contributed by atoms with E-state index in [-0.39, 0.29) is 11.5 Å². The third-order valence-corrected chi connectivity index (χ3v) is 3.60. The molecule has 0 aliphatic heterocycles. The number of aromatic nitrogens is 1. The van der Waals surface area contributed by atoms with E-state index in [4.69, 9.17) is 0 Å². The van der Waals surface area contributed by atoms with Gasteiger partial charge in [-0.25, -0.2) is 0 Å². The molecular weight excluding hydrogens is 243 g/mol. The van der Waals surface area contributed by atoms with Gasteiger partial charge in [-0.1, -0.05) is 13.3 Å². The summed E-state index contributed by atoms with van der Waals surface area (Å²) < 4.78 is 38.8. The Labute approximate surface area is 104 Å². The van der Waals surface area contributed by atoms with E-state index in [1.165, 1.54) is 0 Å². The lowest BCUT2D eigenvalue weighted by atomic mass is 9.74. The molecule has 5 heteroatoms. The van der Waals surface area contributed by atoms with Crippen LogP contribution in [0, 0.1) is 5.92 Å². The minimum Gasteiger partial charge on any atom is -0.385 e. The Morgan fingerprint density at radius 3 is 2.78 bits per heavy atom. The molecule has 1 heterocycles. The zero-order valence-corrected chi connectivity index (χ0v) is 10.2. The fraction of sp³-hybridized carbons (Fsp3) is 0.615. The molecular formula is C13H16F3NO. The van der Waals surface area contributed by atoms with Crippen molar-refractivity contribution in [2.75, 3.05) is 0 Å². The monoisotopic (exact) mass is 259 g/mol. The Balaban J connectivity index is 2.44. The van der Waals surface area contributed by atoms with Gasteiger partial charge in [-0.3, -0.25) is 4.98 Å². The summed E-state index contributed by atoms with van der Waals surface area (Å²) in [7, 11) is 0. The zero-order valence-electron chi connectivity index (χ0n) is 10.2. The van der Waals surface area contributed by atoms with Crippen LogP contribution < -0.4 is 0 Å². The minimum absolute atomic E-state index is 0.0796. The highest BCUT2D eigenvalue weighted by atomic mass is 19.4. The standard InChI is InChI=1S/C13H16F3NO/c1-9-3-2-5-12(18,7-9)11-8-17-6-4-10(11)13(14,15)16/h4,6,8-9,18H,2-3,5,7H2,1H3. The van der Waals surface area contributed by atoms with Crippen molar-refractivity contribution < 1.29 is 18.3 Å². The minimum atomic E-state index is -4.45. The van der Waals surface area contributed by atoms with Crippen LogP contribution in [0.25, 0.3) is 0 Å². The van der Waals surface area contributed by atoms with E-state index in [0.29, 0.717) is 12.8 Å². The van der Waals surface area contributed by atoms with Crippen molar-refractivity contribution in [1.82, 2.24) is 4.98 Å². The molecule has 2 rings (SSSR count). The normalized spacial score (nSPS) is 29.3. The third-order valence-electron chi connectivity index (χ3n) is 3.60. The SMILES string of the molecule is CC1CCCC(O)(c2cnccc2C(F)(F)F)C1. The molecule has 1 saturated carbocycles. The predicted molar refractivity (Wildman–Crippen MR) is 60.8 cm³/mol. The summed E-state index contributed by atoms with van der Waals surface area (Å²) in [5.74, 6) is 0.227. The largest absolute Gasteiger partial charge is 0.416 e. The van der Waals surface area contributed by atoms with E-state index >= 15 is 0 Å². The van der Waals surface area contributed by atoms with Crippen LogP contribution in [-0.4, -0.2) is 10.1 Å². The molecule has 0 spiro atoms. The summed E-state index contributed by atoms with van der Waals surface area (Å²) in [6.45, 7) is 1.95. The first-order chi connectivity index (χ1) is 8.33. The van der Waals surface area contributed by atoms with E-state index in [9.17, 15) is 18.3 Å². The molecule has 0 bridgehead atoms. The summed E-state index contributed by atoms with van der Waals surface area (Å²) in [5, 5.41) is 10.5. The fourth-order valence-corrected chi connectivity index (χ4v) is 2.78. The Kier molecular flexibility index (Phi) is 3.36. The quantitative estimate of drug-likeness (QED) is 0.837. The van der Waals surface area contributed by atoms with Gasteiger partial charge in [0.2, 0.25) is 0 Å². The van der Waals surface area contributed by atoms with Crippen molar-refractivity contribution in [3.63, 3.8) is 0 Å². The van der Waals surface area contributed by atoms with Gasteiger partial charge in [0.15, 0.2) is 0 Å². The van der Waals surface area contributed by atoms with E-state index in [1.54, 1.807) is 0 Å². The molecule has 0 saturated heterocycles. The van der Waals surface area contributed by atoms with Crippen LogP contribution in [0.5, 0.6) is 0 Å². The molecule has 18 heavy (non-hydrogen) atoms. The average Bonchev–Trinajstić information content (AvgIpc) is 2.27. The second-order valence-corrected chi connectivity index (χ2v) is 5.15. The second kappa shape index (κ2) is 4.53. The van der Waals surface area contributed by atoms with E-state index in [2.05, 4.69) is 4.98 Å². The zero-order chi connectivity index (χ0) is 13.4. The Morgan fingerprint density at radius 1 is 1.44 bits per heavy atom. The predicted octanol–water partition coefficient (Wildman–Crippen LogP) is 3.50. The van der Waals surface area contributed by atoms with Crippen molar-refractivity contribution in [3.8, 4) is 0 Å². The van der Waals surface area contributed by atoms with Crippen molar-refractivity contribution in [2.45, 2.75) is 44.4 Å². The van der Waals surface area contributed by atoms with Crippen LogP contribution in [0.4, 0.5) is 13.2 Å². The Hall–Kier alpha value is -1.10. The first-order valence-electron chi connectivity index (χ1n) is 6.07. The number of pyridine rings is 1. The molecule has 100 valence electrons. The first kappa shape index (κ1) is 13.3. The van der Waals surface area contributed by atoms with E-state index < -0.39 is 17.3 Å². The van der Waals surface area contributed by atoms with Crippen LogP contribution >= 0.6 is 0 Å². The lowest BCUT2D eigenvalue weighted by Crippen LogP contribution is -2.34. The Morgan fingerprint density at radius 2 is 2.17 bits per heavy atom. The van der Waals surface area contributed by atoms with Gasteiger partial charge >= 0.3 is 6.18 Å². The van der Waals surface area contributed by atoms with Gasteiger partial charge < -0.3 is 5.11 Å². The fourth-order valence-electron chi connectivity index (χ4n) is 2.78. The number of alkyl halides is 3. The van der Waals surface area contributed by atoms with Crippen LogP contribution in [0.3, 0.4) is 0 Å². The van der Waals surface area contributed by atoms with Crippen LogP contribution in [0.2, 0.25) is 0 Å². The average molecular weight is 259 g/mol. The van der Waals surface area contributed by atoms with Gasteiger partial charge in [0.05, 0.1) is 11.2 Å². The maximum atomic E-state index is 12.9. The summed E-state index contributed by atoms with van der Waals surface area (Å²) in [6.07, 6.45) is 0.235. The van der Waals surface area contributed by atoms with Gasteiger partial charge in [-0.15, -0.1) is 0 Å². The Bertz CT molecular complexity index is 432. The molecule has 1 fully saturated rings. The van der Waals surface area contributed by atoms with Crippen LogP contribution in [0.1, 0.15) is 43.7 Å². The van der Waals surface area contributed by atoms with Crippen molar-refractivity contribution in [3.05, 3.63) is 29.6 Å². The highest BCUT2D eigenvalue weighted by Gasteiger charge is 2.42. The first-order valence-corrected chi connectivity index (χ1v) is 6.07. The molecule has 1 aromatic rings. The summed E-state index contributed by atoms with van der Waals surface area (Å²) in [6, 6.07) is 0.937. The maximum absolute atomic E-state index is 12.9. The maximum Gasteiger partial charge on any atom is 0.416 e. The number of hydrogen-bond acceptors (Lipinski definition) is 2. The van der Waals surface area contributed by atoms with Crippen molar-refractivity contribution >= 4 is 0 Å². The van der Waals surface area contributed by atoms with Gasteiger partial charge in [0.25, 0.3) is 0 Å². The van der Waals surface area contributed by atoms with Gasteiger partial charge in [-0.2, -0.15) is 13.2 Å². The van der Waals surface area contributed by atoms with Crippen LogP contribution in [-0.2, 0) is 11.8 Å². The number of aliphatic hydroxyl groups is 1. The lowest BCUT2D eigenvalue weighted by Gasteiger charge is -2.37. The number of halogens is 3. The second-order valence-electron chi connectivity index (χ2n) is 5.15. The summed E-state index contributed by atoms with van der Waals surface area (Å²) >= 11 is 0. The summed E-state index contributed by atoms with van der Waals surface area (Å²) in [4.78, 5) is 3.74. The van der Waals surface area contributed by atoms with Gasteiger partial charge in [0.1, 0.15) is 0 Å². The van der Waals surface area contributed by atoms with Gasteiger partial charge in [-0.05, 0) is 31.2 Å². The topological polar surface area (TPSA) is 33.1 Å². The molecule has 1 aliphatic carbocycles. The molecule has 1 N–H and O–H groups in total. The lowest BCUT2D eigenvalue weighted by molar-refractivity contribution is -0.142. The smallest absolute Gasteiger partial charge is 0.385 e. The molecule has 0 radical (unpaired) electrons. The number of nitrogens with zero attached hydrogens (tertiary/aromatic N) is 1. The molecule has 2 unspecified atom stereocenters. The number of rotatable bonds is 1. The van der Waals surface area contributed by atoms with Crippen molar-refractivity contribution in [1.29, 1.82) is 0 Å². The highest BCUT2D eigenvalue weighted by molar-refractivity contribution is 5.32. The number of hydrogen-bond donors (Lipinski definition) is 1. The van der Waals surface area contributed by atoms with Crippen LogP contribution in [0.15, 0.2) is 18.5 Å². The molecule has 2 atom stereocenters. The van der Waals surface area contributed by atoms with Gasteiger partial charge in [0, 0.05) is 18.0 Å².